The average Bonchev–Trinajstić information content (AvgIpc) is 3.34. The molecule has 0 spiro atoms. The molecule has 3 N–H and O–H groups in total. The first kappa shape index (κ1) is 19.2. The fourth-order valence-corrected chi connectivity index (χ4v) is 6.27. The van der Waals surface area contributed by atoms with Gasteiger partial charge in [0.05, 0.1) is 23.3 Å². The van der Waals surface area contributed by atoms with Crippen molar-refractivity contribution in [3.63, 3.8) is 0 Å². The lowest BCUT2D eigenvalue weighted by atomic mass is 10.1. The van der Waals surface area contributed by atoms with E-state index in [4.69, 9.17) is 15.6 Å². The molecular formula is C21H19N5O2S2. The van der Waals surface area contributed by atoms with E-state index in [-0.39, 0.29) is 11.4 Å². The van der Waals surface area contributed by atoms with Gasteiger partial charge in [-0.15, -0.1) is 0 Å². The van der Waals surface area contributed by atoms with Crippen molar-refractivity contribution in [3.8, 4) is 22.8 Å². The third-order valence-electron chi connectivity index (χ3n) is 4.88. The number of aliphatic hydroxyl groups is 1. The summed E-state index contributed by atoms with van der Waals surface area (Å²) < 4.78 is 7.70. The van der Waals surface area contributed by atoms with Crippen LogP contribution in [0.1, 0.15) is 0 Å². The molecule has 1 saturated heterocycles. The van der Waals surface area contributed by atoms with E-state index in [1.807, 2.05) is 59.3 Å². The second-order valence-electron chi connectivity index (χ2n) is 6.91. The lowest BCUT2D eigenvalue weighted by Crippen LogP contribution is -2.25. The SMILES string of the molecule is Nc1ncnc2c1c(-c1ccc(Oc3ccccc3)cc1)nn2C[C@@H]1SSC[C@@H]1O. The summed E-state index contributed by atoms with van der Waals surface area (Å²) in [4.78, 5) is 8.57. The Morgan fingerprint density at radius 2 is 1.83 bits per heavy atom. The highest BCUT2D eigenvalue weighted by Crippen LogP contribution is 2.39. The van der Waals surface area contributed by atoms with E-state index in [0.29, 0.717) is 18.0 Å². The number of anilines is 1. The van der Waals surface area contributed by atoms with Crippen LogP contribution in [0.3, 0.4) is 0 Å². The van der Waals surface area contributed by atoms with Gasteiger partial charge in [-0.3, -0.25) is 0 Å². The third-order valence-corrected chi connectivity index (χ3v) is 7.76. The first-order chi connectivity index (χ1) is 14.7. The van der Waals surface area contributed by atoms with Crippen molar-refractivity contribution in [2.75, 3.05) is 11.5 Å². The maximum absolute atomic E-state index is 10.2. The Hall–Kier alpha value is -2.75. The molecule has 3 heterocycles. The fraction of sp³-hybridized carbons (Fsp3) is 0.190. The molecule has 2 aromatic carbocycles. The van der Waals surface area contributed by atoms with Gasteiger partial charge >= 0.3 is 0 Å². The Bertz CT molecular complexity index is 1170. The Morgan fingerprint density at radius 3 is 2.57 bits per heavy atom. The van der Waals surface area contributed by atoms with Gasteiger partial charge in [0.25, 0.3) is 0 Å². The van der Waals surface area contributed by atoms with E-state index < -0.39 is 0 Å². The van der Waals surface area contributed by atoms with Gasteiger partial charge in [-0.2, -0.15) is 5.10 Å². The molecule has 7 nitrogen and oxygen atoms in total. The molecule has 0 aliphatic carbocycles. The van der Waals surface area contributed by atoms with Crippen LogP contribution in [0.2, 0.25) is 0 Å². The summed E-state index contributed by atoms with van der Waals surface area (Å²) in [6.45, 7) is 0.557. The van der Waals surface area contributed by atoms with Gasteiger partial charge in [0.1, 0.15) is 29.3 Å². The lowest BCUT2D eigenvalue weighted by molar-refractivity contribution is 0.191. The third kappa shape index (κ3) is 3.71. The summed E-state index contributed by atoms with van der Waals surface area (Å²) in [5.74, 6) is 2.63. The number of nitrogens with zero attached hydrogens (tertiary/aromatic N) is 4. The molecule has 1 aliphatic heterocycles. The van der Waals surface area contributed by atoms with Crippen LogP contribution < -0.4 is 10.5 Å². The smallest absolute Gasteiger partial charge is 0.164 e. The number of para-hydroxylation sites is 1. The van der Waals surface area contributed by atoms with Gasteiger partial charge in [0.15, 0.2) is 5.65 Å². The Balaban J connectivity index is 1.49. The number of aliphatic hydroxyl groups excluding tert-OH is 1. The van der Waals surface area contributed by atoms with E-state index in [2.05, 4.69) is 9.97 Å². The molecular weight excluding hydrogens is 418 g/mol. The maximum atomic E-state index is 10.2. The van der Waals surface area contributed by atoms with Crippen LogP contribution in [0.5, 0.6) is 11.5 Å². The first-order valence-corrected chi connectivity index (χ1v) is 11.8. The highest BCUT2D eigenvalue weighted by Gasteiger charge is 2.29. The minimum Gasteiger partial charge on any atom is -0.457 e. The van der Waals surface area contributed by atoms with Crippen LogP contribution >= 0.6 is 21.6 Å². The van der Waals surface area contributed by atoms with Crippen molar-refractivity contribution >= 4 is 38.4 Å². The fourth-order valence-electron chi connectivity index (χ4n) is 3.36. The summed E-state index contributed by atoms with van der Waals surface area (Å²) in [6.07, 6.45) is 1.08. The number of ether oxygens (including phenoxy) is 1. The molecule has 0 saturated carbocycles. The van der Waals surface area contributed by atoms with Crippen molar-refractivity contribution in [2.24, 2.45) is 0 Å². The zero-order valence-electron chi connectivity index (χ0n) is 15.9. The number of aromatic nitrogens is 4. The summed E-state index contributed by atoms with van der Waals surface area (Å²) >= 11 is 0. The number of benzene rings is 2. The number of nitrogens with two attached hydrogens (primary N) is 1. The molecule has 9 heteroatoms. The molecule has 2 aromatic heterocycles. The number of nitrogen functional groups attached to an aromatic ring is 1. The molecule has 1 aliphatic rings. The molecule has 152 valence electrons. The Kier molecular flexibility index (Phi) is 5.24. The van der Waals surface area contributed by atoms with Gasteiger partial charge in [-0.25, -0.2) is 14.6 Å². The number of hydrogen-bond acceptors (Lipinski definition) is 8. The molecule has 0 unspecified atom stereocenters. The topological polar surface area (TPSA) is 99.1 Å². The summed E-state index contributed by atoms with van der Waals surface area (Å²) in [6, 6.07) is 17.3. The second-order valence-corrected chi connectivity index (χ2v) is 9.57. The largest absolute Gasteiger partial charge is 0.457 e. The van der Waals surface area contributed by atoms with Crippen LogP contribution in [0, 0.1) is 0 Å². The predicted molar refractivity (Wildman–Crippen MR) is 122 cm³/mol. The minimum atomic E-state index is -0.365. The highest BCUT2D eigenvalue weighted by atomic mass is 33.1. The zero-order chi connectivity index (χ0) is 20.5. The van der Waals surface area contributed by atoms with Gasteiger partial charge < -0.3 is 15.6 Å². The Labute approximate surface area is 181 Å². The van der Waals surface area contributed by atoms with E-state index in [1.54, 1.807) is 21.6 Å². The zero-order valence-corrected chi connectivity index (χ0v) is 17.5. The van der Waals surface area contributed by atoms with E-state index >= 15 is 0 Å². The number of fused-ring (bicyclic) bond motifs is 1. The van der Waals surface area contributed by atoms with Crippen molar-refractivity contribution in [3.05, 3.63) is 60.9 Å². The van der Waals surface area contributed by atoms with Gasteiger partial charge in [-0.1, -0.05) is 39.8 Å². The summed E-state index contributed by atoms with van der Waals surface area (Å²) in [5.41, 5.74) is 8.48. The van der Waals surface area contributed by atoms with Crippen molar-refractivity contribution in [1.29, 1.82) is 0 Å². The number of rotatable bonds is 5. The van der Waals surface area contributed by atoms with Crippen LogP contribution in [0.25, 0.3) is 22.3 Å². The standard InChI is InChI=1S/C21H19N5O2S2/c22-20-18-19(13-6-8-15(9-7-13)28-14-4-2-1-3-5-14)25-26(21(18)24-12-23-20)10-17-16(27)11-29-30-17/h1-9,12,16-17,27H,10-11H2,(H2,22,23,24)/t16-,17-/m0/s1. The second kappa shape index (κ2) is 8.17. The van der Waals surface area contributed by atoms with Gasteiger partial charge in [0, 0.05) is 11.3 Å². The molecule has 0 radical (unpaired) electrons. The molecule has 5 rings (SSSR count). The molecule has 30 heavy (non-hydrogen) atoms. The normalized spacial score (nSPS) is 18.7. The maximum Gasteiger partial charge on any atom is 0.164 e. The Morgan fingerprint density at radius 1 is 1.07 bits per heavy atom. The summed E-state index contributed by atoms with van der Waals surface area (Å²) in [5, 5.41) is 15.8. The monoisotopic (exact) mass is 437 g/mol. The number of hydrogen-bond donors (Lipinski definition) is 2. The van der Waals surface area contributed by atoms with Crippen molar-refractivity contribution in [2.45, 2.75) is 17.9 Å². The van der Waals surface area contributed by atoms with Crippen molar-refractivity contribution < 1.29 is 9.84 Å². The highest BCUT2D eigenvalue weighted by molar-refractivity contribution is 8.77. The quantitative estimate of drug-likeness (QED) is 0.452. The molecule has 4 aromatic rings. The average molecular weight is 438 g/mol. The van der Waals surface area contributed by atoms with Crippen LogP contribution in [-0.4, -0.2) is 42.0 Å². The molecule has 2 atom stereocenters. The summed E-state index contributed by atoms with van der Waals surface area (Å²) in [7, 11) is 3.36. The molecule has 1 fully saturated rings. The minimum absolute atomic E-state index is 0.0591. The van der Waals surface area contributed by atoms with Crippen LogP contribution in [0.4, 0.5) is 5.82 Å². The molecule has 0 amide bonds. The van der Waals surface area contributed by atoms with Crippen LogP contribution in [0.15, 0.2) is 60.9 Å². The predicted octanol–water partition coefficient (Wildman–Crippen LogP) is 3.99. The van der Waals surface area contributed by atoms with E-state index in [9.17, 15) is 5.11 Å². The lowest BCUT2D eigenvalue weighted by Gasteiger charge is -2.12. The first-order valence-electron chi connectivity index (χ1n) is 9.46. The van der Waals surface area contributed by atoms with Gasteiger partial charge in [0.2, 0.25) is 0 Å². The van der Waals surface area contributed by atoms with Crippen LogP contribution in [-0.2, 0) is 6.54 Å². The van der Waals surface area contributed by atoms with Gasteiger partial charge in [-0.05, 0) is 36.4 Å². The van der Waals surface area contributed by atoms with E-state index in [0.717, 1.165) is 33.9 Å². The van der Waals surface area contributed by atoms with Crippen molar-refractivity contribution in [1.82, 2.24) is 19.7 Å². The van der Waals surface area contributed by atoms with E-state index in [1.165, 1.54) is 6.33 Å². The molecule has 0 bridgehead atoms.